The topological polar surface area (TPSA) is 77.9 Å². The second kappa shape index (κ2) is 10.7. The number of thiazole rings is 1. The average molecular weight is 544 g/mol. The van der Waals surface area contributed by atoms with Crippen LogP contribution in [0.15, 0.2) is 72.8 Å². The highest BCUT2D eigenvalue weighted by atomic mass is 32.1. The number of methoxy groups -OCH3 is 1. The van der Waals surface area contributed by atoms with Crippen molar-refractivity contribution >= 4 is 17.3 Å². The lowest BCUT2D eigenvalue weighted by molar-refractivity contribution is -0.152. The molecule has 4 rings (SSSR count). The Labute approximate surface area is 221 Å². The van der Waals surface area contributed by atoms with Crippen molar-refractivity contribution in [1.82, 2.24) is 4.98 Å². The molecule has 1 aromatic heterocycles. The third-order valence-corrected chi connectivity index (χ3v) is 6.66. The van der Waals surface area contributed by atoms with E-state index in [1.807, 2.05) is 12.1 Å². The van der Waals surface area contributed by atoms with Crippen molar-refractivity contribution in [3.8, 4) is 38.9 Å². The molecule has 0 bridgehead atoms. The fraction of sp³-hybridized carbons (Fsp3) is 0.214. The first-order chi connectivity index (χ1) is 18.0. The Morgan fingerprint density at radius 2 is 1.42 bits per heavy atom. The van der Waals surface area contributed by atoms with E-state index < -0.39 is 23.3 Å². The van der Waals surface area contributed by atoms with Gasteiger partial charge in [-0.05, 0) is 80.1 Å². The molecule has 0 amide bonds. The Hall–Kier alpha value is -4.05. The zero-order valence-corrected chi connectivity index (χ0v) is 21.5. The first-order valence-corrected chi connectivity index (χ1v) is 12.2. The van der Waals surface area contributed by atoms with E-state index in [-0.39, 0.29) is 6.61 Å². The van der Waals surface area contributed by atoms with E-state index in [1.165, 1.54) is 37.3 Å². The zero-order valence-electron chi connectivity index (χ0n) is 20.7. The van der Waals surface area contributed by atoms with Crippen molar-refractivity contribution in [3.05, 3.63) is 83.4 Å². The number of hydrogen-bond acceptors (Lipinski definition) is 6. The van der Waals surface area contributed by atoms with E-state index in [1.54, 1.807) is 43.5 Å². The summed E-state index contributed by atoms with van der Waals surface area (Å²) in [6, 6.07) is 18.8. The van der Waals surface area contributed by atoms with Crippen molar-refractivity contribution in [3.63, 3.8) is 0 Å². The van der Waals surface area contributed by atoms with E-state index in [0.29, 0.717) is 38.4 Å². The minimum absolute atomic E-state index is 0.120. The Balaban J connectivity index is 1.58. The normalized spacial score (nSPS) is 11.7. The molecule has 0 saturated heterocycles. The predicted octanol–water partition coefficient (Wildman–Crippen LogP) is 7.33. The molecule has 1 N–H and O–H groups in total. The highest BCUT2D eigenvalue weighted by molar-refractivity contribution is 7.15. The van der Waals surface area contributed by atoms with Crippen LogP contribution in [0.2, 0.25) is 0 Å². The minimum atomic E-state index is -4.42. The smallest absolute Gasteiger partial charge is 0.416 e. The summed E-state index contributed by atoms with van der Waals surface area (Å²) in [7, 11) is 1.56. The second-order valence-electron chi connectivity index (χ2n) is 8.77. The van der Waals surface area contributed by atoms with Crippen LogP contribution < -0.4 is 14.2 Å². The first-order valence-electron chi connectivity index (χ1n) is 11.4. The first kappa shape index (κ1) is 27.0. The van der Waals surface area contributed by atoms with Crippen LogP contribution in [-0.4, -0.2) is 28.8 Å². The summed E-state index contributed by atoms with van der Waals surface area (Å²) < 4.78 is 55.8. The van der Waals surface area contributed by atoms with Gasteiger partial charge in [0.05, 0.1) is 23.2 Å². The number of aromatic nitrogens is 1. The van der Waals surface area contributed by atoms with Crippen LogP contribution in [0.5, 0.6) is 17.2 Å². The molecular weight excluding hydrogens is 519 g/mol. The van der Waals surface area contributed by atoms with Crippen LogP contribution in [0.25, 0.3) is 21.7 Å². The van der Waals surface area contributed by atoms with Crippen molar-refractivity contribution < 1.29 is 37.3 Å². The molecule has 198 valence electrons. The van der Waals surface area contributed by atoms with E-state index in [0.717, 1.165) is 17.7 Å². The van der Waals surface area contributed by atoms with Crippen LogP contribution in [0.1, 0.15) is 24.4 Å². The lowest BCUT2D eigenvalue weighted by Gasteiger charge is -2.21. The van der Waals surface area contributed by atoms with Crippen molar-refractivity contribution in [2.24, 2.45) is 0 Å². The van der Waals surface area contributed by atoms with Gasteiger partial charge in [-0.1, -0.05) is 12.1 Å². The standard InChI is InChI=1S/C28H24F3NO5S/c1-27(2,26(33)34)37-22-14-12-21(13-15-22)36-16-23-32-24(17-6-10-20(35-3)11-7-17)25(38-23)18-4-8-19(9-5-18)28(29,30)31/h4-15H,16H2,1-3H3,(H,33,34). The van der Waals surface area contributed by atoms with Crippen molar-refractivity contribution in [2.75, 3.05) is 7.11 Å². The van der Waals surface area contributed by atoms with Gasteiger partial charge in [0.15, 0.2) is 5.60 Å². The molecule has 0 aliphatic carbocycles. The quantitative estimate of drug-likeness (QED) is 0.238. The van der Waals surface area contributed by atoms with Crippen molar-refractivity contribution in [1.29, 1.82) is 0 Å². The van der Waals surface area contributed by atoms with Crippen molar-refractivity contribution in [2.45, 2.75) is 32.2 Å². The van der Waals surface area contributed by atoms with Gasteiger partial charge in [-0.3, -0.25) is 0 Å². The van der Waals surface area contributed by atoms with E-state index in [4.69, 9.17) is 19.2 Å². The maximum Gasteiger partial charge on any atom is 0.416 e. The summed E-state index contributed by atoms with van der Waals surface area (Å²) in [5.41, 5.74) is -0.0912. The number of rotatable bonds is 9. The van der Waals surface area contributed by atoms with E-state index in [2.05, 4.69) is 0 Å². The summed E-state index contributed by atoms with van der Waals surface area (Å²) in [5.74, 6) is 0.481. The molecule has 0 saturated carbocycles. The van der Waals surface area contributed by atoms with Crippen LogP contribution in [0.3, 0.4) is 0 Å². The van der Waals surface area contributed by atoms with Crippen LogP contribution >= 0.6 is 11.3 Å². The molecule has 0 aliphatic rings. The number of hydrogen-bond donors (Lipinski definition) is 1. The van der Waals surface area contributed by atoms with Crippen LogP contribution in [0, 0.1) is 0 Å². The monoisotopic (exact) mass is 543 g/mol. The van der Waals surface area contributed by atoms with Gasteiger partial charge < -0.3 is 19.3 Å². The predicted molar refractivity (Wildman–Crippen MR) is 138 cm³/mol. The molecule has 10 heteroatoms. The summed E-state index contributed by atoms with van der Waals surface area (Å²) in [6.07, 6.45) is -4.42. The molecule has 6 nitrogen and oxygen atoms in total. The van der Waals surface area contributed by atoms with Gasteiger partial charge in [-0.15, -0.1) is 11.3 Å². The fourth-order valence-corrected chi connectivity index (χ4v) is 4.47. The molecule has 38 heavy (non-hydrogen) atoms. The van der Waals surface area contributed by atoms with Gasteiger partial charge in [0.2, 0.25) is 0 Å². The zero-order chi connectivity index (χ0) is 27.5. The Morgan fingerprint density at radius 1 is 0.868 bits per heavy atom. The number of carboxylic acid groups (broad SMARTS) is 1. The third-order valence-electron chi connectivity index (χ3n) is 5.58. The molecule has 0 aliphatic heterocycles. The number of benzene rings is 3. The summed E-state index contributed by atoms with van der Waals surface area (Å²) in [6.45, 7) is 3.03. The maximum atomic E-state index is 13.1. The number of carboxylic acids is 1. The maximum absolute atomic E-state index is 13.1. The Kier molecular flexibility index (Phi) is 7.63. The molecular formula is C28H24F3NO5S. The third kappa shape index (κ3) is 6.25. The van der Waals surface area contributed by atoms with Crippen LogP contribution in [0.4, 0.5) is 13.2 Å². The highest BCUT2D eigenvalue weighted by Gasteiger charge is 2.30. The molecule has 0 unspecified atom stereocenters. The lowest BCUT2D eigenvalue weighted by atomic mass is 10.1. The van der Waals surface area contributed by atoms with Gasteiger partial charge in [0.1, 0.15) is 28.9 Å². The Morgan fingerprint density at radius 3 is 1.97 bits per heavy atom. The number of aliphatic carboxylic acids is 1. The lowest BCUT2D eigenvalue weighted by Crippen LogP contribution is -2.37. The number of halogens is 3. The molecule has 1 heterocycles. The number of carbonyl (C=O) groups is 1. The average Bonchev–Trinajstić information content (AvgIpc) is 3.32. The molecule has 0 spiro atoms. The summed E-state index contributed by atoms with van der Waals surface area (Å²) >= 11 is 1.33. The van der Waals surface area contributed by atoms with Crippen LogP contribution in [-0.2, 0) is 17.6 Å². The molecule has 3 aromatic carbocycles. The van der Waals surface area contributed by atoms with Gasteiger partial charge in [-0.2, -0.15) is 13.2 Å². The molecule has 0 atom stereocenters. The van der Waals surface area contributed by atoms with Gasteiger partial charge in [0, 0.05) is 5.56 Å². The number of alkyl halides is 3. The molecule has 0 fully saturated rings. The molecule has 0 radical (unpaired) electrons. The van der Waals surface area contributed by atoms with Gasteiger partial charge >= 0.3 is 12.1 Å². The highest BCUT2D eigenvalue weighted by Crippen LogP contribution is 2.39. The second-order valence-corrected chi connectivity index (χ2v) is 9.85. The largest absolute Gasteiger partial charge is 0.497 e. The van der Waals surface area contributed by atoms with E-state index >= 15 is 0 Å². The van der Waals surface area contributed by atoms with Gasteiger partial charge in [-0.25, -0.2) is 9.78 Å². The summed E-state index contributed by atoms with van der Waals surface area (Å²) in [4.78, 5) is 16.7. The van der Waals surface area contributed by atoms with E-state index in [9.17, 15) is 23.1 Å². The Bertz CT molecular complexity index is 1400. The fourth-order valence-electron chi connectivity index (χ4n) is 3.46. The summed E-state index contributed by atoms with van der Waals surface area (Å²) in [5, 5.41) is 9.84. The SMILES string of the molecule is COc1ccc(-c2nc(COc3ccc(OC(C)(C)C(=O)O)cc3)sc2-c2ccc(C(F)(F)F)cc2)cc1. The minimum Gasteiger partial charge on any atom is -0.497 e. The number of ether oxygens (including phenoxy) is 3. The van der Waals surface area contributed by atoms with Gasteiger partial charge in [0.25, 0.3) is 0 Å². The number of nitrogens with zero attached hydrogens (tertiary/aromatic N) is 1. The molecule has 4 aromatic rings.